The lowest BCUT2D eigenvalue weighted by Crippen LogP contribution is -2.02. The highest BCUT2D eigenvalue weighted by Gasteiger charge is 2.07. The highest BCUT2D eigenvalue weighted by Crippen LogP contribution is 2.17. The summed E-state index contributed by atoms with van der Waals surface area (Å²) in [5.41, 5.74) is 1.23. The van der Waals surface area contributed by atoms with Gasteiger partial charge in [0.15, 0.2) is 0 Å². The summed E-state index contributed by atoms with van der Waals surface area (Å²) in [6, 6.07) is 13.7. The van der Waals surface area contributed by atoms with E-state index in [0.29, 0.717) is 21.2 Å². The normalized spacial score (nSPS) is 10.6. The molecule has 0 radical (unpaired) electrons. The Morgan fingerprint density at radius 2 is 1.12 bits per heavy atom. The largest absolute Gasteiger partial charge is 0.452 e. The first-order valence-electron chi connectivity index (χ1n) is 6.78. The molecule has 0 unspecified atom stereocenters. The summed E-state index contributed by atoms with van der Waals surface area (Å²) in [7, 11) is 0. The molecule has 0 atom stereocenters. The van der Waals surface area contributed by atoms with Crippen LogP contribution < -0.4 is 0 Å². The Kier molecular flexibility index (Phi) is 6.72. The van der Waals surface area contributed by atoms with Crippen molar-refractivity contribution in [3.05, 3.63) is 69.7 Å². The zero-order valence-electron chi connectivity index (χ0n) is 12.3. The summed E-state index contributed by atoms with van der Waals surface area (Å²) >= 11 is 11.8. The van der Waals surface area contributed by atoms with Crippen molar-refractivity contribution < 1.29 is 19.1 Å². The minimum Gasteiger partial charge on any atom is -0.442 e. The van der Waals surface area contributed by atoms with Crippen LogP contribution in [0.3, 0.4) is 0 Å². The lowest BCUT2D eigenvalue weighted by Gasteiger charge is -2.03. The second-order valence-corrected chi connectivity index (χ2v) is 5.31. The van der Waals surface area contributed by atoms with Gasteiger partial charge in [-0.1, -0.05) is 69.8 Å². The first-order valence-corrected chi connectivity index (χ1v) is 7.54. The summed E-state index contributed by atoms with van der Waals surface area (Å²) in [5, 5.41) is 7.15. The van der Waals surface area contributed by atoms with Crippen LogP contribution in [0.25, 0.3) is 0 Å². The van der Waals surface area contributed by atoms with Gasteiger partial charge >= 0.3 is 12.2 Å². The Hall–Kier alpha value is -2.44. The SMILES string of the molecule is O=C(/N=N/C(=O)OCc1ccccc1Cl)OCc1ccccc1Cl. The molecule has 0 saturated heterocycles. The van der Waals surface area contributed by atoms with E-state index in [1.165, 1.54) is 0 Å². The molecule has 0 aliphatic rings. The predicted molar refractivity (Wildman–Crippen MR) is 88.1 cm³/mol. The Morgan fingerprint density at radius 1 is 0.750 bits per heavy atom. The van der Waals surface area contributed by atoms with E-state index in [2.05, 4.69) is 10.2 Å². The number of nitrogens with zero attached hydrogens (tertiary/aromatic N) is 2. The number of carbonyl (C=O) groups is 2. The topological polar surface area (TPSA) is 77.3 Å². The van der Waals surface area contributed by atoms with E-state index in [0.717, 1.165) is 0 Å². The monoisotopic (exact) mass is 366 g/mol. The zero-order chi connectivity index (χ0) is 17.4. The number of benzene rings is 2. The van der Waals surface area contributed by atoms with Crippen molar-refractivity contribution in [2.24, 2.45) is 10.2 Å². The van der Waals surface area contributed by atoms with Gasteiger partial charge in [0.25, 0.3) is 0 Å². The van der Waals surface area contributed by atoms with E-state index in [9.17, 15) is 9.59 Å². The third-order valence-electron chi connectivity index (χ3n) is 2.83. The second-order valence-electron chi connectivity index (χ2n) is 4.49. The third-order valence-corrected chi connectivity index (χ3v) is 3.57. The molecule has 0 spiro atoms. The first-order chi connectivity index (χ1) is 11.6. The number of halogens is 2. The molecule has 24 heavy (non-hydrogen) atoms. The highest BCUT2D eigenvalue weighted by molar-refractivity contribution is 6.31. The average Bonchev–Trinajstić information content (AvgIpc) is 2.58. The molecule has 0 saturated carbocycles. The van der Waals surface area contributed by atoms with E-state index in [-0.39, 0.29) is 13.2 Å². The quantitative estimate of drug-likeness (QED) is 0.676. The van der Waals surface area contributed by atoms with Crippen LogP contribution in [0.15, 0.2) is 58.8 Å². The van der Waals surface area contributed by atoms with Gasteiger partial charge in [0.05, 0.1) is 0 Å². The number of amides is 2. The van der Waals surface area contributed by atoms with Crippen LogP contribution in [0.2, 0.25) is 10.0 Å². The molecule has 0 heterocycles. The molecule has 8 heteroatoms. The van der Waals surface area contributed by atoms with Crippen molar-refractivity contribution in [2.45, 2.75) is 13.2 Å². The third kappa shape index (κ3) is 5.64. The Labute approximate surface area is 148 Å². The molecule has 124 valence electrons. The molecule has 0 aliphatic heterocycles. The van der Waals surface area contributed by atoms with Crippen LogP contribution >= 0.6 is 23.2 Å². The maximum atomic E-state index is 11.4. The number of azo groups is 1. The number of hydrogen-bond acceptors (Lipinski definition) is 4. The molecule has 0 N–H and O–H groups in total. The molecule has 6 nitrogen and oxygen atoms in total. The number of rotatable bonds is 4. The van der Waals surface area contributed by atoms with Crippen molar-refractivity contribution in [2.75, 3.05) is 0 Å². The molecule has 2 aromatic rings. The van der Waals surface area contributed by atoms with E-state index in [1.807, 2.05) is 0 Å². The maximum Gasteiger partial charge on any atom is 0.452 e. The predicted octanol–water partition coefficient (Wildman–Crippen LogP) is 5.42. The average molecular weight is 367 g/mol. The summed E-state index contributed by atoms with van der Waals surface area (Å²) in [4.78, 5) is 22.8. The fourth-order valence-electron chi connectivity index (χ4n) is 1.65. The lowest BCUT2D eigenvalue weighted by molar-refractivity contribution is 0.139. The minimum absolute atomic E-state index is 0.0772. The minimum atomic E-state index is -1.02. The number of ether oxygens (including phenoxy) is 2. The van der Waals surface area contributed by atoms with Crippen LogP contribution in [-0.2, 0) is 22.7 Å². The summed E-state index contributed by atoms with van der Waals surface area (Å²) in [6.07, 6.45) is -2.05. The number of hydrogen-bond donors (Lipinski definition) is 0. The van der Waals surface area contributed by atoms with E-state index < -0.39 is 12.2 Å². The van der Waals surface area contributed by atoms with Crippen molar-refractivity contribution in [1.29, 1.82) is 0 Å². The van der Waals surface area contributed by atoms with Crippen molar-refractivity contribution in [3.8, 4) is 0 Å². The molecule has 0 fully saturated rings. The smallest absolute Gasteiger partial charge is 0.442 e. The molecular weight excluding hydrogens is 355 g/mol. The van der Waals surface area contributed by atoms with Gasteiger partial charge in [-0.15, -0.1) is 0 Å². The molecule has 0 bridgehead atoms. The molecule has 0 aliphatic carbocycles. The van der Waals surface area contributed by atoms with Gasteiger partial charge in [0.1, 0.15) is 13.2 Å². The van der Waals surface area contributed by atoms with E-state index in [1.54, 1.807) is 48.5 Å². The Bertz CT molecular complexity index is 702. The van der Waals surface area contributed by atoms with Crippen LogP contribution in [0.1, 0.15) is 11.1 Å². The van der Waals surface area contributed by atoms with Crippen LogP contribution in [0.4, 0.5) is 9.59 Å². The van der Waals surface area contributed by atoms with Crippen molar-refractivity contribution in [3.63, 3.8) is 0 Å². The standard InChI is InChI=1S/C16H12Cl2N2O4/c17-13-7-3-1-5-11(13)9-23-15(21)19-20-16(22)24-10-12-6-2-4-8-14(12)18/h1-8H,9-10H2/b20-19+. The van der Waals surface area contributed by atoms with Crippen LogP contribution in [0, 0.1) is 0 Å². The van der Waals surface area contributed by atoms with Crippen LogP contribution in [-0.4, -0.2) is 12.2 Å². The zero-order valence-corrected chi connectivity index (χ0v) is 13.8. The van der Waals surface area contributed by atoms with Gasteiger partial charge in [0, 0.05) is 21.2 Å². The van der Waals surface area contributed by atoms with Gasteiger partial charge in [-0.2, -0.15) is 0 Å². The first kappa shape index (κ1) is 17.9. The van der Waals surface area contributed by atoms with E-state index >= 15 is 0 Å². The van der Waals surface area contributed by atoms with Crippen molar-refractivity contribution >= 4 is 35.4 Å². The molecule has 2 amide bonds. The Morgan fingerprint density at radius 3 is 1.50 bits per heavy atom. The highest BCUT2D eigenvalue weighted by atomic mass is 35.5. The molecular formula is C16H12Cl2N2O4. The van der Waals surface area contributed by atoms with Gasteiger partial charge in [-0.05, 0) is 12.1 Å². The summed E-state index contributed by atoms with van der Waals surface area (Å²) < 4.78 is 9.66. The van der Waals surface area contributed by atoms with E-state index in [4.69, 9.17) is 32.7 Å². The molecule has 2 rings (SSSR count). The molecule has 0 aromatic heterocycles. The van der Waals surface area contributed by atoms with Gasteiger partial charge in [-0.25, -0.2) is 9.59 Å². The Balaban J connectivity index is 1.78. The van der Waals surface area contributed by atoms with Gasteiger partial charge < -0.3 is 9.47 Å². The second kappa shape index (κ2) is 9.00. The number of carbonyl (C=O) groups excluding carboxylic acids is 2. The summed E-state index contributed by atoms with van der Waals surface area (Å²) in [6.45, 7) is -0.154. The molecule has 2 aromatic carbocycles. The maximum absolute atomic E-state index is 11.4. The van der Waals surface area contributed by atoms with Gasteiger partial charge in [-0.3, -0.25) is 0 Å². The van der Waals surface area contributed by atoms with Crippen molar-refractivity contribution in [1.82, 2.24) is 0 Å². The fraction of sp³-hybridized carbons (Fsp3) is 0.125. The van der Waals surface area contributed by atoms with Gasteiger partial charge in [0.2, 0.25) is 0 Å². The fourth-order valence-corrected chi connectivity index (χ4v) is 2.03. The van der Waals surface area contributed by atoms with Crippen LogP contribution in [0.5, 0.6) is 0 Å². The summed E-state index contributed by atoms with van der Waals surface area (Å²) in [5.74, 6) is 0. The lowest BCUT2D eigenvalue weighted by atomic mass is 10.2.